The van der Waals surface area contributed by atoms with Crippen molar-refractivity contribution in [2.24, 2.45) is 0 Å². The Morgan fingerprint density at radius 3 is 2.58 bits per heavy atom. The first-order valence-corrected chi connectivity index (χ1v) is 6.79. The summed E-state index contributed by atoms with van der Waals surface area (Å²) >= 11 is 14.8. The van der Waals surface area contributed by atoms with Crippen LogP contribution in [0.3, 0.4) is 0 Å². The summed E-state index contributed by atoms with van der Waals surface area (Å²) in [6.07, 6.45) is 0. The van der Waals surface area contributed by atoms with Crippen LogP contribution in [0.5, 0.6) is 0 Å². The van der Waals surface area contributed by atoms with E-state index >= 15 is 0 Å². The number of carbonyl (C=O) groups is 1. The molecule has 0 aromatic carbocycles. The molecular formula is C12H8BrCl2N3O. The largest absolute Gasteiger partial charge is 0.320 e. The van der Waals surface area contributed by atoms with Gasteiger partial charge in [-0.05, 0) is 47.1 Å². The second-order valence-corrected chi connectivity index (χ2v) is 5.25. The fourth-order valence-electron chi connectivity index (χ4n) is 1.43. The highest BCUT2D eigenvalue weighted by Gasteiger charge is 2.13. The van der Waals surface area contributed by atoms with Crippen molar-refractivity contribution in [1.29, 1.82) is 0 Å². The predicted octanol–water partition coefficient (Wildman–Crippen LogP) is 4.11. The molecule has 1 amide bonds. The first kappa shape index (κ1) is 14.2. The maximum absolute atomic E-state index is 12.1. The van der Waals surface area contributed by atoms with Gasteiger partial charge in [-0.25, -0.2) is 9.97 Å². The summed E-state index contributed by atoms with van der Waals surface area (Å²) < 4.78 is 0.703. The molecule has 0 unspecified atom stereocenters. The number of amides is 1. The van der Waals surface area contributed by atoms with Crippen molar-refractivity contribution in [2.75, 3.05) is 5.32 Å². The van der Waals surface area contributed by atoms with E-state index in [-0.39, 0.29) is 21.8 Å². The van der Waals surface area contributed by atoms with Gasteiger partial charge in [0.15, 0.2) is 0 Å². The van der Waals surface area contributed by atoms with Gasteiger partial charge in [-0.1, -0.05) is 23.2 Å². The van der Waals surface area contributed by atoms with Crippen LogP contribution in [0.15, 0.2) is 28.9 Å². The number of anilines is 1. The highest BCUT2D eigenvalue weighted by atomic mass is 79.9. The Kier molecular flexibility index (Phi) is 4.39. The van der Waals surface area contributed by atoms with Crippen LogP contribution in [0.25, 0.3) is 0 Å². The Hall–Kier alpha value is -1.17. The van der Waals surface area contributed by atoms with Gasteiger partial charge in [0.2, 0.25) is 0 Å². The van der Waals surface area contributed by atoms with E-state index in [1.54, 1.807) is 19.1 Å². The third kappa shape index (κ3) is 3.43. The zero-order valence-electron chi connectivity index (χ0n) is 9.75. The normalized spacial score (nSPS) is 10.3. The molecule has 98 valence electrons. The molecule has 0 aliphatic heterocycles. The zero-order chi connectivity index (χ0) is 14.0. The van der Waals surface area contributed by atoms with Crippen molar-refractivity contribution in [2.45, 2.75) is 6.92 Å². The quantitative estimate of drug-likeness (QED) is 0.820. The summed E-state index contributed by atoms with van der Waals surface area (Å²) in [6.45, 7) is 1.79. The first-order valence-electron chi connectivity index (χ1n) is 5.24. The van der Waals surface area contributed by atoms with E-state index in [1.165, 1.54) is 12.1 Å². The fraction of sp³-hybridized carbons (Fsp3) is 0.0833. The van der Waals surface area contributed by atoms with E-state index in [0.29, 0.717) is 16.0 Å². The maximum atomic E-state index is 12.1. The molecule has 0 fully saturated rings. The summed E-state index contributed by atoms with van der Waals surface area (Å²) in [7, 11) is 0. The van der Waals surface area contributed by atoms with E-state index < -0.39 is 0 Å². The molecule has 4 nitrogen and oxygen atoms in total. The molecule has 0 bridgehead atoms. The number of nitrogens with one attached hydrogen (secondary N) is 1. The minimum absolute atomic E-state index is 0.0627. The molecule has 2 heterocycles. The minimum atomic E-state index is -0.360. The van der Waals surface area contributed by atoms with Gasteiger partial charge in [0.1, 0.15) is 14.9 Å². The third-order valence-corrected chi connectivity index (χ3v) is 3.30. The lowest BCUT2D eigenvalue weighted by molar-refractivity contribution is 0.102. The molecule has 0 atom stereocenters. The Bertz CT molecular complexity index is 649. The highest BCUT2D eigenvalue weighted by molar-refractivity contribution is 9.10. The topological polar surface area (TPSA) is 54.9 Å². The molecule has 0 saturated carbocycles. The van der Waals surface area contributed by atoms with Crippen molar-refractivity contribution in [1.82, 2.24) is 9.97 Å². The summed E-state index contributed by atoms with van der Waals surface area (Å²) in [5.41, 5.74) is 1.56. The van der Waals surface area contributed by atoms with Crippen molar-refractivity contribution < 1.29 is 4.79 Å². The van der Waals surface area contributed by atoms with Crippen LogP contribution in [0, 0.1) is 6.92 Å². The van der Waals surface area contributed by atoms with Gasteiger partial charge < -0.3 is 5.32 Å². The second kappa shape index (κ2) is 5.86. The van der Waals surface area contributed by atoms with Crippen LogP contribution < -0.4 is 5.32 Å². The average molecular weight is 361 g/mol. The lowest BCUT2D eigenvalue weighted by Gasteiger charge is -2.08. The molecule has 0 aliphatic carbocycles. The van der Waals surface area contributed by atoms with Crippen LogP contribution in [0.1, 0.15) is 16.1 Å². The van der Waals surface area contributed by atoms with Crippen molar-refractivity contribution >= 4 is 50.7 Å². The van der Waals surface area contributed by atoms with E-state index in [2.05, 4.69) is 31.2 Å². The smallest absolute Gasteiger partial charge is 0.258 e. The SMILES string of the molecule is Cc1nc(Br)ccc1NC(=O)c1ccc(Cl)nc1Cl. The molecule has 2 aromatic rings. The van der Waals surface area contributed by atoms with Crippen LogP contribution in [-0.2, 0) is 0 Å². The van der Waals surface area contributed by atoms with Crippen molar-refractivity contribution in [3.05, 3.63) is 50.4 Å². The van der Waals surface area contributed by atoms with Gasteiger partial charge in [0.05, 0.1) is 16.9 Å². The molecular weight excluding hydrogens is 353 g/mol. The van der Waals surface area contributed by atoms with Gasteiger partial charge >= 0.3 is 0 Å². The van der Waals surface area contributed by atoms with Crippen LogP contribution in [-0.4, -0.2) is 15.9 Å². The standard InChI is InChI=1S/C12H8BrCl2N3O/c1-6-8(3-4-9(13)16-6)17-12(19)7-2-5-10(14)18-11(7)15/h2-5H,1H3,(H,17,19). The molecule has 19 heavy (non-hydrogen) atoms. The fourth-order valence-corrected chi connectivity index (χ4v) is 2.26. The zero-order valence-corrected chi connectivity index (χ0v) is 12.8. The van der Waals surface area contributed by atoms with Crippen molar-refractivity contribution in [3.63, 3.8) is 0 Å². The number of pyridine rings is 2. The van der Waals surface area contributed by atoms with E-state index in [9.17, 15) is 4.79 Å². The molecule has 2 aromatic heterocycles. The van der Waals surface area contributed by atoms with E-state index in [1.807, 2.05) is 0 Å². The van der Waals surface area contributed by atoms with Gasteiger partial charge in [0, 0.05) is 0 Å². The van der Waals surface area contributed by atoms with E-state index in [4.69, 9.17) is 23.2 Å². The van der Waals surface area contributed by atoms with Crippen LogP contribution >= 0.6 is 39.1 Å². The Morgan fingerprint density at radius 1 is 1.21 bits per heavy atom. The van der Waals surface area contributed by atoms with Gasteiger partial charge in [-0.3, -0.25) is 4.79 Å². The molecule has 0 radical (unpaired) electrons. The molecule has 0 aliphatic rings. The Labute approximate surface area is 128 Å². The number of hydrogen-bond acceptors (Lipinski definition) is 3. The first-order chi connectivity index (χ1) is 8.97. The predicted molar refractivity (Wildman–Crippen MR) is 78.9 cm³/mol. The summed E-state index contributed by atoms with van der Waals surface area (Å²) in [5, 5.41) is 3.03. The number of halogens is 3. The van der Waals surface area contributed by atoms with Crippen LogP contribution in [0.2, 0.25) is 10.3 Å². The molecule has 2 rings (SSSR count). The lowest BCUT2D eigenvalue weighted by Crippen LogP contribution is -2.14. The molecule has 7 heteroatoms. The Morgan fingerprint density at radius 2 is 1.95 bits per heavy atom. The molecule has 1 N–H and O–H groups in total. The van der Waals surface area contributed by atoms with Crippen molar-refractivity contribution in [3.8, 4) is 0 Å². The minimum Gasteiger partial charge on any atom is -0.320 e. The maximum Gasteiger partial charge on any atom is 0.258 e. The second-order valence-electron chi connectivity index (χ2n) is 3.69. The average Bonchev–Trinajstić information content (AvgIpc) is 2.32. The highest BCUT2D eigenvalue weighted by Crippen LogP contribution is 2.20. The lowest BCUT2D eigenvalue weighted by atomic mass is 10.2. The monoisotopic (exact) mass is 359 g/mol. The van der Waals surface area contributed by atoms with Gasteiger partial charge in [-0.2, -0.15) is 0 Å². The number of aromatic nitrogens is 2. The number of hydrogen-bond donors (Lipinski definition) is 1. The summed E-state index contributed by atoms with van der Waals surface area (Å²) in [4.78, 5) is 20.1. The number of carbonyl (C=O) groups excluding carboxylic acids is 1. The number of rotatable bonds is 2. The van der Waals surface area contributed by atoms with Crippen LogP contribution in [0.4, 0.5) is 5.69 Å². The van der Waals surface area contributed by atoms with Gasteiger partial charge in [-0.15, -0.1) is 0 Å². The summed E-state index contributed by atoms with van der Waals surface area (Å²) in [6, 6.07) is 6.52. The van der Waals surface area contributed by atoms with E-state index in [0.717, 1.165) is 0 Å². The third-order valence-electron chi connectivity index (χ3n) is 2.36. The molecule has 0 saturated heterocycles. The molecule has 0 spiro atoms. The summed E-state index contributed by atoms with van der Waals surface area (Å²) in [5.74, 6) is -0.360. The number of nitrogens with zero attached hydrogens (tertiary/aromatic N) is 2. The van der Waals surface area contributed by atoms with Gasteiger partial charge in [0.25, 0.3) is 5.91 Å². The Balaban J connectivity index is 2.25. The number of aryl methyl sites for hydroxylation is 1.